The summed E-state index contributed by atoms with van der Waals surface area (Å²) in [5.74, 6) is -0.344. The van der Waals surface area contributed by atoms with E-state index in [4.69, 9.17) is 9.26 Å². The van der Waals surface area contributed by atoms with Gasteiger partial charge in [-0.2, -0.15) is 0 Å². The minimum absolute atomic E-state index is 0.0186. The van der Waals surface area contributed by atoms with Crippen molar-refractivity contribution < 1.29 is 18.9 Å². The van der Waals surface area contributed by atoms with Gasteiger partial charge in [0.2, 0.25) is 11.8 Å². The lowest BCUT2D eigenvalue weighted by Gasteiger charge is -2.39. The second-order valence-corrected chi connectivity index (χ2v) is 13.4. The van der Waals surface area contributed by atoms with Crippen LogP contribution in [0.4, 0.5) is 0 Å². The summed E-state index contributed by atoms with van der Waals surface area (Å²) >= 11 is 0. The van der Waals surface area contributed by atoms with Gasteiger partial charge in [-0.1, -0.05) is 51.1 Å². The van der Waals surface area contributed by atoms with E-state index in [1.807, 2.05) is 37.3 Å². The molecular formula is C21H36N2O4Si. The molecular weight excluding hydrogens is 372 g/mol. The van der Waals surface area contributed by atoms with Crippen LogP contribution in [0.15, 0.2) is 30.3 Å². The first-order valence-electron chi connectivity index (χ1n) is 9.70. The van der Waals surface area contributed by atoms with Crippen LogP contribution in [0.2, 0.25) is 18.1 Å². The number of hydroxylamine groups is 2. The van der Waals surface area contributed by atoms with Gasteiger partial charge in [-0.25, -0.2) is 5.06 Å². The van der Waals surface area contributed by atoms with Gasteiger partial charge in [0.05, 0.1) is 32.1 Å². The lowest BCUT2D eigenvalue weighted by Crippen LogP contribution is -2.46. The number of carbonyl (C=O) groups excluding carboxylic acids is 2. The van der Waals surface area contributed by atoms with Gasteiger partial charge in [0.15, 0.2) is 8.32 Å². The number of nitrogens with zero attached hydrogens (tertiary/aromatic N) is 1. The summed E-state index contributed by atoms with van der Waals surface area (Å²) in [4.78, 5) is 30.0. The number of hydrogen-bond donors (Lipinski definition) is 1. The van der Waals surface area contributed by atoms with E-state index in [-0.39, 0.29) is 35.7 Å². The van der Waals surface area contributed by atoms with Crippen LogP contribution in [-0.4, -0.2) is 45.5 Å². The van der Waals surface area contributed by atoms with Crippen molar-refractivity contribution >= 4 is 20.1 Å². The zero-order valence-electron chi connectivity index (χ0n) is 18.5. The normalized spacial score (nSPS) is 14.3. The van der Waals surface area contributed by atoms with Crippen LogP contribution in [0.5, 0.6) is 0 Å². The van der Waals surface area contributed by atoms with Crippen molar-refractivity contribution in [3.05, 3.63) is 35.9 Å². The molecule has 1 aromatic carbocycles. The van der Waals surface area contributed by atoms with Crippen molar-refractivity contribution in [1.29, 1.82) is 0 Å². The fourth-order valence-corrected chi connectivity index (χ4v) is 3.86. The average Bonchev–Trinajstić information content (AvgIpc) is 2.60. The molecule has 28 heavy (non-hydrogen) atoms. The SMILES string of the molecule is CON(C)C(=O)C[C@H](CC(=O)N[C@@H](C)c1ccccc1)O[Si](C)(C)C(C)(C)C. The Bertz CT molecular complexity index is 644. The van der Waals surface area contributed by atoms with E-state index in [1.54, 1.807) is 7.05 Å². The Hall–Kier alpha value is -1.70. The predicted molar refractivity (Wildman–Crippen MR) is 114 cm³/mol. The third kappa shape index (κ3) is 7.37. The topological polar surface area (TPSA) is 67.9 Å². The average molecular weight is 409 g/mol. The third-order valence-electron chi connectivity index (χ3n) is 5.38. The van der Waals surface area contributed by atoms with Gasteiger partial charge in [-0.05, 0) is 30.6 Å². The van der Waals surface area contributed by atoms with Crippen molar-refractivity contribution in [3.8, 4) is 0 Å². The molecule has 0 aliphatic carbocycles. The molecule has 0 aliphatic heterocycles. The summed E-state index contributed by atoms with van der Waals surface area (Å²) in [6.07, 6.45) is -0.259. The molecule has 1 N–H and O–H groups in total. The maximum Gasteiger partial charge on any atom is 0.248 e. The minimum Gasteiger partial charge on any atom is -0.413 e. The van der Waals surface area contributed by atoms with E-state index in [0.29, 0.717) is 0 Å². The van der Waals surface area contributed by atoms with Crippen LogP contribution in [0, 0.1) is 0 Å². The quantitative estimate of drug-likeness (QED) is 0.494. The van der Waals surface area contributed by atoms with E-state index in [0.717, 1.165) is 5.56 Å². The molecule has 2 atom stereocenters. The minimum atomic E-state index is -2.14. The number of amides is 2. The summed E-state index contributed by atoms with van der Waals surface area (Å²) in [5, 5.41) is 4.16. The third-order valence-corrected chi connectivity index (χ3v) is 9.92. The van der Waals surface area contributed by atoms with Gasteiger partial charge in [0.1, 0.15) is 0 Å². The van der Waals surface area contributed by atoms with Crippen molar-refractivity contribution in [3.63, 3.8) is 0 Å². The van der Waals surface area contributed by atoms with Crippen LogP contribution < -0.4 is 5.32 Å². The molecule has 0 bridgehead atoms. The zero-order valence-corrected chi connectivity index (χ0v) is 19.5. The van der Waals surface area contributed by atoms with Gasteiger partial charge >= 0.3 is 0 Å². The Morgan fingerprint density at radius 1 is 1.14 bits per heavy atom. The highest BCUT2D eigenvalue weighted by molar-refractivity contribution is 6.74. The predicted octanol–water partition coefficient (Wildman–Crippen LogP) is 4.05. The standard InChI is InChI=1S/C21H36N2O4Si/c1-16(17-12-10-9-11-13-17)22-19(24)14-18(15-20(25)23(5)26-6)27-28(7,8)21(2,3)4/h9-13,16,18H,14-15H2,1-8H3,(H,22,24)/t16-,18-/m0/s1. The van der Waals surface area contributed by atoms with Gasteiger partial charge in [-0.15, -0.1) is 0 Å². The van der Waals surface area contributed by atoms with Crippen LogP contribution >= 0.6 is 0 Å². The van der Waals surface area contributed by atoms with Crippen LogP contribution in [-0.2, 0) is 18.9 Å². The zero-order chi connectivity index (χ0) is 21.5. The van der Waals surface area contributed by atoms with E-state index in [9.17, 15) is 9.59 Å². The van der Waals surface area contributed by atoms with Crippen LogP contribution in [0.25, 0.3) is 0 Å². The summed E-state index contributed by atoms with van der Waals surface area (Å²) < 4.78 is 6.40. The molecule has 0 unspecified atom stereocenters. The molecule has 1 aromatic rings. The molecule has 0 saturated carbocycles. The van der Waals surface area contributed by atoms with Crippen molar-refractivity contribution in [1.82, 2.24) is 10.4 Å². The molecule has 0 radical (unpaired) electrons. The van der Waals surface area contributed by atoms with E-state index < -0.39 is 14.4 Å². The van der Waals surface area contributed by atoms with Gasteiger partial charge < -0.3 is 9.74 Å². The molecule has 0 fully saturated rings. The number of hydrogen-bond acceptors (Lipinski definition) is 4. The molecule has 2 amide bonds. The smallest absolute Gasteiger partial charge is 0.248 e. The largest absolute Gasteiger partial charge is 0.413 e. The number of carbonyl (C=O) groups is 2. The number of benzene rings is 1. The Morgan fingerprint density at radius 2 is 1.71 bits per heavy atom. The maximum atomic E-state index is 12.7. The van der Waals surface area contributed by atoms with E-state index in [2.05, 4.69) is 39.2 Å². The summed E-state index contributed by atoms with van der Waals surface area (Å²) in [6.45, 7) is 12.6. The molecule has 1 rings (SSSR count). The van der Waals surface area contributed by atoms with Gasteiger partial charge in [-0.3, -0.25) is 14.4 Å². The Labute approximate surface area is 170 Å². The van der Waals surface area contributed by atoms with Crippen LogP contribution in [0.3, 0.4) is 0 Å². The molecule has 0 aliphatic rings. The molecule has 7 heteroatoms. The van der Waals surface area contributed by atoms with E-state index in [1.165, 1.54) is 12.2 Å². The monoisotopic (exact) mass is 408 g/mol. The second kappa shape index (κ2) is 10.2. The molecule has 0 spiro atoms. The Kier molecular flexibility index (Phi) is 8.85. The van der Waals surface area contributed by atoms with E-state index >= 15 is 0 Å². The molecule has 0 aromatic heterocycles. The fraction of sp³-hybridized carbons (Fsp3) is 0.619. The first kappa shape index (κ1) is 24.3. The lowest BCUT2D eigenvalue weighted by atomic mass is 10.1. The molecule has 0 saturated heterocycles. The molecule has 158 valence electrons. The van der Waals surface area contributed by atoms with Crippen molar-refractivity contribution in [2.45, 2.75) is 70.8 Å². The van der Waals surface area contributed by atoms with Gasteiger partial charge in [0.25, 0.3) is 0 Å². The molecule has 6 nitrogen and oxygen atoms in total. The molecule has 0 heterocycles. The van der Waals surface area contributed by atoms with Crippen molar-refractivity contribution in [2.24, 2.45) is 0 Å². The Balaban J connectivity index is 2.85. The fourth-order valence-electron chi connectivity index (χ4n) is 2.51. The van der Waals surface area contributed by atoms with Crippen molar-refractivity contribution in [2.75, 3.05) is 14.2 Å². The lowest BCUT2D eigenvalue weighted by molar-refractivity contribution is -0.170. The number of nitrogens with one attached hydrogen (secondary N) is 1. The summed E-state index contributed by atoms with van der Waals surface area (Å²) in [7, 11) is 0.857. The summed E-state index contributed by atoms with van der Waals surface area (Å²) in [5.41, 5.74) is 1.04. The first-order valence-corrected chi connectivity index (χ1v) is 12.6. The highest BCUT2D eigenvalue weighted by Crippen LogP contribution is 2.38. The highest BCUT2D eigenvalue weighted by atomic mass is 28.4. The highest BCUT2D eigenvalue weighted by Gasteiger charge is 2.40. The number of rotatable bonds is 9. The Morgan fingerprint density at radius 3 is 2.21 bits per heavy atom. The second-order valence-electron chi connectivity index (χ2n) is 8.68. The first-order chi connectivity index (χ1) is 12.9. The maximum absolute atomic E-state index is 12.7. The van der Waals surface area contributed by atoms with Crippen LogP contribution in [0.1, 0.15) is 52.1 Å². The summed E-state index contributed by atoms with van der Waals surface area (Å²) in [6, 6.07) is 9.68. The van der Waals surface area contributed by atoms with Gasteiger partial charge in [0, 0.05) is 7.05 Å².